The second kappa shape index (κ2) is 35.9. The van der Waals surface area contributed by atoms with Crippen LogP contribution in [-0.2, 0) is 9.47 Å². The minimum absolute atomic E-state index is 0.0468. The monoisotopic (exact) mass is 1550 g/mol. The summed E-state index contributed by atoms with van der Waals surface area (Å²) >= 11 is 12.0. The van der Waals surface area contributed by atoms with Gasteiger partial charge in [0.15, 0.2) is 23.3 Å². The van der Waals surface area contributed by atoms with Crippen molar-refractivity contribution in [2.75, 3.05) is 96.5 Å². The summed E-state index contributed by atoms with van der Waals surface area (Å²) in [6.07, 6.45) is 13.4. The normalized spacial score (nSPS) is 10.7. The first-order chi connectivity index (χ1) is 50.5. The maximum atomic E-state index is 14.5. The highest BCUT2D eigenvalue weighted by molar-refractivity contribution is 9.10. The number of methoxy groups -OCH3 is 3. The number of aromatic nitrogens is 12. The minimum atomic E-state index is -0.589. The zero-order valence-electron chi connectivity index (χ0n) is 56.7. The van der Waals surface area contributed by atoms with Crippen LogP contribution < -0.4 is 30.7 Å². The Kier molecular flexibility index (Phi) is 26.0. The molecule has 0 aliphatic rings. The molecule has 6 N–H and O–H groups in total. The van der Waals surface area contributed by atoms with Gasteiger partial charge in [0.2, 0.25) is 0 Å². The molecule has 0 fully saturated rings. The van der Waals surface area contributed by atoms with Crippen LogP contribution in [-0.4, -0.2) is 145 Å². The fraction of sp³-hybridized carbons (Fsp3) is 0.147. The number of rotatable bonds is 17. The highest BCUT2D eigenvalue weighted by Crippen LogP contribution is 2.40. The van der Waals surface area contributed by atoms with Crippen molar-refractivity contribution < 1.29 is 46.7 Å². The first-order valence-electron chi connectivity index (χ1n) is 31.6. The van der Waals surface area contributed by atoms with Gasteiger partial charge in [-0.1, -0.05) is 31.9 Å². The van der Waals surface area contributed by atoms with Crippen molar-refractivity contribution in [2.24, 2.45) is 0 Å². The van der Waals surface area contributed by atoms with Gasteiger partial charge >= 0.3 is 0 Å². The third-order valence-corrected chi connectivity index (χ3v) is 16.2. The van der Waals surface area contributed by atoms with Crippen LogP contribution in [0.25, 0.3) is 111 Å². The largest absolute Gasteiger partial charge is 0.506 e. The highest BCUT2D eigenvalue weighted by Gasteiger charge is 2.21. The number of nitrogens with one attached hydrogen (secondary N) is 4. The van der Waals surface area contributed by atoms with E-state index in [2.05, 4.69) is 118 Å². The summed E-state index contributed by atoms with van der Waals surface area (Å²) in [6.45, 7) is 1.28. The zero-order valence-corrected chi connectivity index (χ0v) is 60.6. The molecule has 0 amide bonds. The Balaban J connectivity index is 0.000000147. The Morgan fingerprint density at radius 1 is 0.394 bits per heavy atom. The maximum absolute atomic E-state index is 14.5. The number of pyridine rings is 4. The van der Waals surface area contributed by atoms with Crippen molar-refractivity contribution in [3.05, 3.63) is 215 Å². The molecule has 0 aliphatic heterocycles. The van der Waals surface area contributed by atoms with Crippen molar-refractivity contribution in [1.82, 2.24) is 59.8 Å². The minimum Gasteiger partial charge on any atom is -0.506 e. The lowest BCUT2D eigenvalue weighted by Gasteiger charge is -2.15. The van der Waals surface area contributed by atoms with E-state index in [9.17, 15) is 27.8 Å². The number of nitrogens with zero attached hydrogens (tertiary/aromatic N) is 12. The second-order valence-corrected chi connectivity index (χ2v) is 24.1. The topological polar surface area (TPSA) is 280 Å². The molecule has 8 heterocycles. The van der Waals surface area contributed by atoms with E-state index in [4.69, 9.17) is 25.8 Å². The number of phenolic OH excluding ortho intramolecular Hbond substituents is 2. The summed E-state index contributed by atoms with van der Waals surface area (Å²) in [5.74, 6) is 3.80. The molecular weight excluding hydrogens is 1490 g/mol. The Hall–Kier alpha value is -11.4. The van der Waals surface area contributed by atoms with E-state index in [1.807, 2.05) is 55.6 Å². The molecule has 8 aromatic heterocycles. The maximum Gasteiger partial charge on any atom is 0.163 e. The third-order valence-electron chi connectivity index (χ3n) is 15.2. The van der Waals surface area contributed by atoms with Gasteiger partial charge < -0.3 is 50.4 Å². The van der Waals surface area contributed by atoms with Crippen LogP contribution in [0.2, 0.25) is 0 Å². The van der Waals surface area contributed by atoms with E-state index >= 15 is 0 Å². The van der Waals surface area contributed by atoms with E-state index < -0.39 is 23.3 Å². The van der Waals surface area contributed by atoms with Crippen molar-refractivity contribution >= 4 is 110 Å². The average Bonchev–Trinajstić information content (AvgIpc) is 0.798. The van der Waals surface area contributed by atoms with Gasteiger partial charge in [-0.3, -0.25) is 19.9 Å². The molecule has 0 saturated heterocycles. The molecule has 14 aromatic rings. The van der Waals surface area contributed by atoms with Gasteiger partial charge in [0.25, 0.3) is 0 Å². The summed E-state index contributed by atoms with van der Waals surface area (Å²) < 4.78 is 78.7. The number of ether oxygens (including phenoxy) is 4. The van der Waals surface area contributed by atoms with Crippen LogP contribution in [0.4, 0.5) is 40.8 Å². The summed E-state index contributed by atoms with van der Waals surface area (Å²) in [5.41, 5.74) is 6.14. The SMILES string of the molecule is CNc1nc(-c2cccnc2)nc2c(O)cc(-c3cc(F)ccc3F)cc12.CNc1nc(-c2cccnc2)nc2c(O)cc(Br)cc12.CNc1nc(-c2cccnc2)nc2c(OC)cc(Br)cc12.CNc1nc(-c2cccnc2)nc2c(OCCOC)cc(-c3cc(F)ccc3F)cc12.COCCCl. The number of hydrogen-bond donors (Lipinski definition) is 6. The predicted octanol–water partition coefficient (Wildman–Crippen LogP) is 16.7. The van der Waals surface area contributed by atoms with Crippen LogP contribution in [0.5, 0.6) is 23.0 Å². The third kappa shape index (κ3) is 18.2. The molecule has 104 heavy (non-hydrogen) atoms. The highest BCUT2D eigenvalue weighted by atomic mass is 79.9. The fourth-order valence-electron chi connectivity index (χ4n) is 10.3. The second-order valence-electron chi connectivity index (χ2n) is 21.9. The van der Waals surface area contributed by atoms with Gasteiger partial charge in [0, 0.05) is 162 Å². The molecule has 0 aliphatic carbocycles. The molecule has 530 valence electrons. The molecule has 0 spiro atoms. The molecule has 22 nitrogen and oxygen atoms in total. The van der Waals surface area contributed by atoms with Crippen molar-refractivity contribution in [3.8, 4) is 90.8 Å². The lowest BCUT2D eigenvalue weighted by molar-refractivity contribution is 0.147. The molecule has 0 bridgehead atoms. The lowest BCUT2D eigenvalue weighted by atomic mass is 10.0. The van der Waals surface area contributed by atoms with Crippen LogP contribution in [0.1, 0.15) is 0 Å². The number of alkyl halides is 1. The molecule has 0 atom stereocenters. The molecule has 29 heteroatoms. The predicted molar refractivity (Wildman–Crippen MR) is 405 cm³/mol. The van der Waals surface area contributed by atoms with Gasteiger partial charge in [-0.05, 0) is 145 Å². The Morgan fingerprint density at radius 2 is 0.760 bits per heavy atom. The number of benzene rings is 6. The fourth-order valence-corrected chi connectivity index (χ4v) is 11.4. The van der Waals surface area contributed by atoms with Gasteiger partial charge in [-0.15, -0.1) is 11.6 Å². The summed E-state index contributed by atoms with van der Waals surface area (Å²) in [7, 11) is 11.9. The molecule has 0 radical (unpaired) electrons. The van der Waals surface area contributed by atoms with Gasteiger partial charge in [-0.2, -0.15) is 0 Å². The van der Waals surface area contributed by atoms with Crippen LogP contribution >= 0.6 is 43.5 Å². The smallest absolute Gasteiger partial charge is 0.163 e. The number of phenols is 2. The summed E-state index contributed by atoms with van der Waals surface area (Å²) in [4.78, 5) is 52.6. The standard InChI is InChI=1S/C23H20F2N4O2.C20H14F2N4O.C15H13BrN4O.C14H11BrN4O.C3H7ClO/c1-26-23-18-10-15(17-12-16(24)5-6-19(17)25)11-20(31-9-8-30-2)21(18)28-22(29-23)14-4-3-7-27-13-14;1-23-20-15-7-12(14-9-13(21)4-5-16(14)22)8-17(27)18(15)25-19(26-20)11-3-2-6-24-10-11;1-17-15-11-6-10(16)7-12(21-2)13(11)19-14(20-15)9-4-3-5-18-8-9;1-16-14-10-5-9(15)6-11(20)12(10)18-13(19-14)8-3-2-4-17-7-8;1-5-3-2-4/h3-7,10-13H,8-9H2,1-2H3,(H,26,28,29);2-10,27H,1H3,(H,23,25,26);3-8H,1-2H3,(H,17,19,20);2-7,20H,1H3,(H,16,18,19);2-3H2,1H3. The number of anilines is 4. The number of halogens is 7. The van der Waals surface area contributed by atoms with E-state index in [1.54, 1.807) is 135 Å². The lowest BCUT2D eigenvalue weighted by Crippen LogP contribution is -2.06. The van der Waals surface area contributed by atoms with E-state index in [-0.39, 0.29) is 29.2 Å². The quantitative estimate of drug-likeness (QED) is 0.0281. The number of hydrogen-bond acceptors (Lipinski definition) is 22. The zero-order chi connectivity index (χ0) is 73.8. The molecular formula is C75H65Br2ClF4N16O6. The van der Waals surface area contributed by atoms with Crippen LogP contribution in [0, 0.1) is 23.3 Å². The Bertz CT molecular complexity index is 5300. The molecule has 6 aromatic carbocycles. The van der Waals surface area contributed by atoms with Crippen LogP contribution in [0.3, 0.4) is 0 Å². The Morgan fingerprint density at radius 3 is 1.13 bits per heavy atom. The summed E-state index contributed by atoms with van der Waals surface area (Å²) in [5, 5.41) is 35.5. The number of fused-ring (bicyclic) bond motifs is 4. The first kappa shape index (κ1) is 75.2. The average molecular weight is 1560 g/mol. The molecule has 14 rings (SSSR count). The first-order valence-corrected chi connectivity index (χ1v) is 33.7. The van der Waals surface area contributed by atoms with E-state index in [0.717, 1.165) is 84.1 Å². The van der Waals surface area contributed by atoms with E-state index in [1.165, 1.54) is 6.07 Å². The summed E-state index contributed by atoms with van der Waals surface area (Å²) in [6, 6.07) is 34.9. The van der Waals surface area contributed by atoms with E-state index in [0.29, 0.717) is 115 Å². The van der Waals surface area contributed by atoms with Crippen molar-refractivity contribution in [2.45, 2.75) is 0 Å². The van der Waals surface area contributed by atoms with Crippen molar-refractivity contribution in [3.63, 3.8) is 0 Å². The van der Waals surface area contributed by atoms with Gasteiger partial charge in [0.05, 0.1) is 20.3 Å². The molecule has 0 unspecified atom stereocenters. The Labute approximate surface area is 615 Å². The van der Waals surface area contributed by atoms with Crippen LogP contribution in [0.15, 0.2) is 192 Å². The van der Waals surface area contributed by atoms with Gasteiger partial charge in [-0.25, -0.2) is 57.4 Å². The van der Waals surface area contributed by atoms with Gasteiger partial charge in [0.1, 0.15) is 98.2 Å². The molecule has 0 saturated carbocycles. The number of aromatic hydroxyl groups is 2. The van der Waals surface area contributed by atoms with Crippen molar-refractivity contribution in [1.29, 1.82) is 0 Å².